The molecule has 0 aromatic heterocycles. The lowest BCUT2D eigenvalue weighted by Crippen LogP contribution is -2.46. The summed E-state index contributed by atoms with van der Waals surface area (Å²) in [6.07, 6.45) is 0. The van der Waals surface area contributed by atoms with Crippen molar-refractivity contribution in [1.82, 2.24) is 0 Å². The molecule has 0 spiro atoms. The highest BCUT2D eigenvalue weighted by Crippen LogP contribution is 2.23. The average Bonchev–Trinajstić information content (AvgIpc) is 1.64. The van der Waals surface area contributed by atoms with Gasteiger partial charge in [0.25, 0.3) is 0 Å². The summed E-state index contributed by atoms with van der Waals surface area (Å²) in [5, 5.41) is 17.5. The van der Waals surface area contributed by atoms with Crippen LogP contribution in [0.25, 0.3) is 0 Å². The largest absolute Gasteiger partial charge is 0.387 e. The molecular weight excluding hydrogens is 120 g/mol. The average molecular weight is 134 g/mol. The third-order valence-corrected chi connectivity index (χ3v) is 1.70. The van der Waals surface area contributed by atoms with Crippen LogP contribution in [0.1, 0.15) is 27.7 Å². The Kier molecular flexibility index (Phi) is 2.22. The molecule has 2 N–H and O–H groups in total. The molecule has 0 bridgehead atoms. The van der Waals surface area contributed by atoms with E-state index in [1.165, 1.54) is 0 Å². The van der Waals surface area contributed by atoms with E-state index in [9.17, 15) is 5.11 Å². The molecule has 56 valence electrons. The Morgan fingerprint density at radius 2 is 1.44 bits per heavy atom. The first kappa shape index (κ1) is 8.88. The monoisotopic (exact) mass is 134 g/mol. The van der Waals surface area contributed by atoms with E-state index in [4.69, 9.17) is 5.26 Å². The Balaban J connectivity index is 4.14. The van der Waals surface area contributed by atoms with E-state index in [1.807, 2.05) is 0 Å². The zero-order valence-electron chi connectivity index (χ0n) is 6.30. The van der Waals surface area contributed by atoms with Crippen LogP contribution in [0.3, 0.4) is 0 Å². The second-order valence-electron chi connectivity index (χ2n) is 3.16. The van der Waals surface area contributed by atoms with Gasteiger partial charge in [-0.1, -0.05) is 0 Å². The maximum Gasteiger partial charge on any atom is 0.126 e. The van der Waals surface area contributed by atoms with Crippen molar-refractivity contribution in [2.24, 2.45) is 0 Å². The van der Waals surface area contributed by atoms with Crippen LogP contribution < -0.4 is 0 Å². The van der Waals surface area contributed by atoms with Crippen LogP contribution >= 0.6 is 0 Å². The third-order valence-electron chi connectivity index (χ3n) is 1.70. The van der Waals surface area contributed by atoms with Crippen molar-refractivity contribution in [3.05, 3.63) is 0 Å². The van der Waals surface area contributed by atoms with E-state index >= 15 is 0 Å². The normalized spacial score (nSPS) is 14.0. The molecule has 0 aliphatic rings. The molecule has 0 saturated carbocycles. The molecule has 0 fully saturated rings. The van der Waals surface area contributed by atoms with Gasteiger partial charge in [-0.2, -0.15) is 0 Å². The molecule has 0 unspecified atom stereocenters. The van der Waals surface area contributed by atoms with Crippen molar-refractivity contribution in [3.8, 4) is 0 Å². The van der Waals surface area contributed by atoms with Gasteiger partial charge < -0.3 is 5.11 Å². The van der Waals surface area contributed by atoms with E-state index < -0.39 is 11.2 Å². The summed E-state index contributed by atoms with van der Waals surface area (Å²) in [6, 6.07) is 0. The first-order chi connectivity index (χ1) is 3.81. The van der Waals surface area contributed by atoms with Gasteiger partial charge in [0.15, 0.2) is 0 Å². The summed E-state index contributed by atoms with van der Waals surface area (Å²) in [5.74, 6) is 0. The molecule has 0 amide bonds. The van der Waals surface area contributed by atoms with Gasteiger partial charge in [-0.15, -0.1) is 0 Å². The zero-order chi connectivity index (χ0) is 7.71. The fourth-order valence-electron chi connectivity index (χ4n) is 0.112. The minimum Gasteiger partial charge on any atom is -0.387 e. The lowest BCUT2D eigenvalue weighted by molar-refractivity contribution is -0.348. The fourth-order valence-corrected chi connectivity index (χ4v) is 0.112. The molecular formula is C6H14O3. The maximum absolute atomic E-state index is 9.26. The van der Waals surface area contributed by atoms with Gasteiger partial charge in [-0.25, -0.2) is 4.89 Å². The second kappa shape index (κ2) is 2.25. The van der Waals surface area contributed by atoms with Crippen molar-refractivity contribution in [2.45, 2.75) is 38.9 Å². The molecule has 0 aromatic rings. The van der Waals surface area contributed by atoms with Crippen LogP contribution in [-0.4, -0.2) is 21.6 Å². The summed E-state index contributed by atoms with van der Waals surface area (Å²) in [7, 11) is 0. The number of hydrogen-bond acceptors (Lipinski definition) is 3. The highest BCUT2D eigenvalue weighted by molar-refractivity contribution is 4.85. The lowest BCUT2D eigenvalue weighted by atomic mass is 9.90. The summed E-state index contributed by atoms with van der Waals surface area (Å²) in [4.78, 5) is 4.05. The van der Waals surface area contributed by atoms with Crippen molar-refractivity contribution >= 4 is 0 Å². The first-order valence-electron chi connectivity index (χ1n) is 2.86. The second-order valence-corrected chi connectivity index (χ2v) is 3.16. The molecule has 0 aliphatic heterocycles. The highest BCUT2D eigenvalue weighted by Gasteiger charge is 2.36. The highest BCUT2D eigenvalue weighted by atomic mass is 17.1. The van der Waals surface area contributed by atoms with Crippen molar-refractivity contribution < 1.29 is 15.3 Å². The zero-order valence-corrected chi connectivity index (χ0v) is 6.30. The van der Waals surface area contributed by atoms with Gasteiger partial charge in [0.2, 0.25) is 0 Å². The molecule has 0 rings (SSSR count). The Labute approximate surface area is 55.2 Å². The van der Waals surface area contributed by atoms with Crippen LogP contribution in [0.5, 0.6) is 0 Å². The third kappa shape index (κ3) is 1.93. The predicted octanol–water partition coefficient (Wildman–Crippen LogP) is 1.03. The minimum atomic E-state index is -1.03. The maximum atomic E-state index is 9.26. The van der Waals surface area contributed by atoms with Gasteiger partial charge in [0.1, 0.15) is 5.60 Å². The number of hydrogen-bond donors (Lipinski definition) is 2. The van der Waals surface area contributed by atoms with E-state index in [-0.39, 0.29) is 0 Å². The van der Waals surface area contributed by atoms with Gasteiger partial charge in [-0.05, 0) is 27.7 Å². The molecule has 0 atom stereocenters. The summed E-state index contributed by atoms with van der Waals surface area (Å²) < 4.78 is 0. The quantitative estimate of drug-likeness (QED) is 0.438. The standard InChI is InChI=1S/C6H14O3/c1-5(2,7)6(3,4)9-8/h7-8H,1-4H3. The van der Waals surface area contributed by atoms with Gasteiger partial charge in [0, 0.05) is 0 Å². The Hall–Kier alpha value is -0.120. The molecule has 3 nitrogen and oxygen atoms in total. The fraction of sp³-hybridized carbons (Fsp3) is 1.00. The Bertz CT molecular complexity index is 91.0. The molecule has 0 aliphatic carbocycles. The molecule has 3 heteroatoms. The first-order valence-corrected chi connectivity index (χ1v) is 2.86. The summed E-state index contributed by atoms with van der Waals surface area (Å²) in [6.45, 7) is 6.35. The topological polar surface area (TPSA) is 49.7 Å². The minimum absolute atomic E-state index is 0.910. The Morgan fingerprint density at radius 1 is 1.11 bits per heavy atom. The number of aliphatic hydroxyl groups is 1. The van der Waals surface area contributed by atoms with Gasteiger partial charge in [-0.3, -0.25) is 5.26 Å². The molecule has 0 aromatic carbocycles. The van der Waals surface area contributed by atoms with Crippen molar-refractivity contribution in [3.63, 3.8) is 0 Å². The molecule has 9 heavy (non-hydrogen) atoms. The Morgan fingerprint density at radius 3 is 1.44 bits per heavy atom. The van der Waals surface area contributed by atoms with Gasteiger partial charge >= 0.3 is 0 Å². The van der Waals surface area contributed by atoms with Crippen molar-refractivity contribution in [2.75, 3.05) is 0 Å². The smallest absolute Gasteiger partial charge is 0.126 e. The predicted molar refractivity (Wildman–Crippen MR) is 34.1 cm³/mol. The SMILES string of the molecule is CC(C)(O)C(C)(C)OO. The summed E-state index contributed by atoms with van der Waals surface area (Å²) >= 11 is 0. The van der Waals surface area contributed by atoms with E-state index in [2.05, 4.69) is 4.89 Å². The van der Waals surface area contributed by atoms with Crippen molar-refractivity contribution in [1.29, 1.82) is 0 Å². The van der Waals surface area contributed by atoms with E-state index in [1.54, 1.807) is 27.7 Å². The number of rotatable bonds is 2. The van der Waals surface area contributed by atoms with Crippen LogP contribution in [0.15, 0.2) is 0 Å². The van der Waals surface area contributed by atoms with Crippen LogP contribution in [0, 0.1) is 0 Å². The molecule has 0 saturated heterocycles. The van der Waals surface area contributed by atoms with Gasteiger partial charge in [0.05, 0.1) is 5.60 Å². The van der Waals surface area contributed by atoms with Crippen LogP contribution in [0.4, 0.5) is 0 Å². The van der Waals surface area contributed by atoms with E-state index in [0.717, 1.165) is 0 Å². The molecule has 0 heterocycles. The van der Waals surface area contributed by atoms with Crippen LogP contribution in [0.2, 0.25) is 0 Å². The van der Waals surface area contributed by atoms with Crippen LogP contribution in [-0.2, 0) is 4.89 Å². The molecule has 0 radical (unpaired) electrons. The van der Waals surface area contributed by atoms with E-state index in [0.29, 0.717) is 0 Å². The lowest BCUT2D eigenvalue weighted by Gasteiger charge is -2.33. The summed E-state index contributed by atoms with van der Waals surface area (Å²) in [5.41, 5.74) is -1.94.